The molecule has 1 aliphatic heterocycles. The van der Waals surface area contributed by atoms with E-state index in [1.165, 1.54) is 11.3 Å². The highest BCUT2D eigenvalue weighted by atomic mass is 35.5. The molecule has 106 valence electrons. The van der Waals surface area contributed by atoms with Gasteiger partial charge in [-0.3, -0.25) is 0 Å². The Labute approximate surface area is 129 Å². The molecule has 1 heterocycles. The number of benzene rings is 1. The van der Waals surface area contributed by atoms with E-state index >= 15 is 0 Å². The molecule has 0 unspecified atom stereocenters. The predicted octanol–water partition coefficient (Wildman–Crippen LogP) is 4.39. The molecule has 0 N–H and O–H groups in total. The summed E-state index contributed by atoms with van der Waals surface area (Å²) in [5, 5.41) is 1.38. The molecule has 0 atom stereocenters. The van der Waals surface area contributed by atoms with Crippen LogP contribution >= 0.6 is 23.2 Å². The van der Waals surface area contributed by atoms with Crippen molar-refractivity contribution >= 4 is 29.3 Å². The first-order chi connectivity index (χ1) is 9.74. The van der Waals surface area contributed by atoms with Crippen LogP contribution in [0.4, 0.5) is 0 Å². The van der Waals surface area contributed by atoms with Crippen LogP contribution in [0.15, 0.2) is 35.5 Å². The fourth-order valence-corrected chi connectivity index (χ4v) is 3.18. The van der Waals surface area contributed by atoms with E-state index in [9.17, 15) is 0 Å². The molecule has 2 nitrogen and oxygen atoms in total. The Bertz CT molecular complexity index is 560. The first kappa shape index (κ1) is 14.0. The average Bonchev–Trinajstić information content (AvgIpc) is 2.91. The second-order valence-electron chi connectivity index (χ2n) is 5.06. The van der Waals surface area contributed by atoms with E-state index in [2.05, 4.69) is 17.1 Å². The predicted molar refractivity (Wildman–Crippen MR) is 84.1 cm³/mol. The smallest absolute Gasteiger partial charge is 0.0642 e. The van der Waals surface area contributed by atoms with Gasteiger partial charge in [0.05, 0.1) is 13.2 Å². The quantitative estimate of drug-likeness (QED) is 0.803. The largest absolute Gasteiger partial charge is 0.378 e. The summed E-state index contributed by atoms with van der Waals surface area (Å²) >= 11 is 12.2. The number of ether oxygens (including phenoxy) is 1. The van der Waals surface area contributed by atoms with Crippen LogP contribution in [-0.2, 0) is 4.74 Å². The zero-order chi connectivity index (χ0) is 13.9. The van der Waals surface area contributed by atoms with Crippen LogP contribution in [0.1, 0.15) is 18.4 Å². The Hall–Kier alpha value is -0.960. The van der Waals surface area contributed by atoms with Crippen molar-refractivity contribution in [2.24, 2.45) is 0 Å². The van der Waals surface area contributed by atoms with Crippen molar-refractivity contribution in [2.45, 2.75) is 12.8 Å². The van der Waals surface area contributed by atoms with Crippen molar-refractivity contribution in [3.8, 4) is 0 Å². The molecule has 1 aliphatic carbocycles. The van der Waals surface area contributed by atoms with Crippen molar-refractivity contribution in [2.75, 3.05) is 26.3 Å². The number of halogens is 2. The number of allylic oxidation sites excluding steroid dienone is 2. The van der Waals surface area contributed by atoms with Gasteiger partial charge in [-0.25, -0.2) is 0 Å². The van der Waals surface area contributed by atoms with Crippen molar-refractivity contribution in [3.05, 3.63) is 51.2 Å². The van der Waals surface area contributed by atoms with Crippen molar-refractivity contribution in [3.63, 3.8) is 0 Å². The van der Waals surface area contributed by atoms with Gasteiger partial charge in [0.25, 0.3) is 0 Å². The van der Waals surface area contributed by atoms with Gasteiger partial charge in [-0.1, -0.05) is 35.3 Å². The lowest BCUT2D eigenvalue weighted by Crippen LogP contribution is -2.35. The molecule has 1 fully saturated rings. The van der Waals surface area contributed by atoms with Crippen LogP contribution < -0.4 is 0 Å². The van der Waals surface area contributed by atoms with E-state index in [1.807, 2.05) is 12.1 Å². The first-order valence-electron chi connectivity index (χ1n) is 6.93. The van der Waals surface area contributed by atoms with E-state index < -0.39 is 0 Å². The average molecular weight is 310 g/mol. The van der Waals surface area contributed by atoms with Gasteiger partial charge in [-0.2, -0.15) is 0 Å². The van der Waals surface area contributed by atoms with Gasteiger partial charge in [0.2, 0.25) is 0 Å². The molecular formula is C16H17Cl2NO. The Kier molecular flexibility index (Phi) is 4.35. The summed E-state index contributed by atoms with van der Waals surface area (Å²) in [6.45, 7) is 3.56. The minimum Gasteiger partial charge on any atom is -0.378 e. The summed E-state index contributed by atoms with van der Waals surface area (Å²) in [4.78, 5) is 2.41. The van der Waals surface area contributed by atoms with E-state index in [4.69, 9.17) is 27.9 Å². The summed E-state index contributed by atoms with van der Waals surface area (Å²) in [6.07, 6.45) is 6.68. The molecule has 2 aliphatic rings. The van der Waals surface area contributed by atoms with E-state index in [1.54, 1.807) is 6.07 Å². The molecule has 0 amide bonds. The van der Waals surface area contributed by atoms with Gasteiger partial charge in [-0.15, -0.1) is 0 Å². The highest BCUT2D eigenvalue weighted by Gasteiger charge is 2.20. The molecule has 1 saturated heterocycles. The van der Waals surface area contributed by atoms with E-state index in [-0.39, 0.29) is 0 Å². The van der Waals surface area contributed by atoms with Gasteiger partial charge in [0.1, 0.15) is 0 Å². The number of hydrogen-bond acceptors (Lipinski definition) is 2. The van der Waals surface area contributed by atoms with Crippen molar-refractivity contribution in [1.29, 1.82) is 0 Å². The van der Waals surface area contributed by atoms with E-state index in [0.717, 1.165) is 44.7 Å². The fourth-order valence-electron chi connectivity index (χ4n) is 2.71. The Morgan fingerprint density at radius 3 is 2.70 bits per heavy atom. The highest BCUT2D eigenvalue weighted by molar-refractivity contribution is 6.35. The van der Waals surface area contributed by atoms with Gasteiger partial charge in [0.15, 0.2) is 0 Å². The summed E-state index contributed by atoms with van der Waals surface area (Å²) in [6, 6.07) is 5.66. The molecule has 1 aromatic carbocycles. The van der Waals surface area contributed by atoms with Gasteiger partial charge in [0, 0.05) is 28.8 Å². The second-order valence-corrected chi connectivity index (χ2v) is 5.91. The van der Waals surface area contributed by atoms with Crippen LogP contribution in [0.3, 0.4) is 0 Å². The molecule has 0 spiro atoms. The molecule has 0 aromatic heterocycles. The number of rotatable bonds is 2. The lowest BCUT2D eigenvalue weighted by molar-refractivity contribution is 0.0550. The maximum atomic E-state index is 6.26. The third-order valence-corrected chi connectivity index (χ3v) is 4.29. The Morgan fingerprint density at radius 2 is 1.95 bits per heavy atom. The molecular weight excluding hydrogens is 293 g/mol. The summed E-state index contributed by atoms with van der Waals surface area (Å²) in [5.41, 5.74) is 3.74. The first-order valence-corrected chi connectivity index (χ1v) is 7.68. The van der Waals surface area contributed by atoms with Crippen molar-refractivity contribution in [1.82, 2.24) is 4.90 Å². The normalized spacial score (nSPS) is 21.4. The molecule has 1 aromatic rings. The maximum absolute atomic E-state index is 6.26. The maximum Gasteiger partial charge on any atom is 0.0642 e. The summed E-state index contributed by atoms with van der Waals surface area (Å²) in [5.74, 6) is 0. The zero-order valence-corrected chi connectivity index (χ0v) is 12.8. The number of nitrogens with zero attached hydrogens (tertiary/aromatic N) is 1. The lowest BCUT2D eigenvalue weighted by atomic mass is 10.1. The monoisotopic (exact) mass is 309 g/mol. The summed E-state index contributed by atoms with van der Waals surface area (Å²) < 4.78 is 5.42. The number of hydrogen-bond donors (Lipinski definition) is 0. The highest BCUT2D eigenvalue weighted by Crippen LogP contribution is 2.32. The molecule has 3 rings (SSSR count). The van der Waals surface area contributed by atoms with Crippen LogP contribution in [0.5, 0.6) is 0 Å². The van der Waals surface area contributed by atoms with Crippen LogP contribution in [-0.4, -0.2) is 31.2 Å². The van der Waals surface area contributed by atoms with Crippen molar-refractivity contribution < 1.29 is 4.74 Å². The zero-order valence-electron chi connectivity index (χ0n) is 11.2. The van der Waals surface area contributed by atoms with Crippen LogP contribution in [0.2, 0.25) is 10.0 Å². The van der Waals surface area contributed by atoms with Crippen LogP contribution in [0.25, 0.3) is 6.08 Å². The molecule has 0 radical (unpaired) electrons. The number of morpholine rings is 1. The van der Waals surface area contributed by atoms with Gasteiger partial charge >= 0.3 is 0 Å². The van der Waals surface area contributed by atoms with E-state index in [0.29, 0.717) is 10.0 Å². The minimum absolute atomic E-state index is 0.674. The lowest BCUT2D eigenvalue weighted by Gasteiger charge is -2.30. The SMILES string of the molecule is Clc1ccc(/C=C2\CCC=C2N2CCOCC2)c(Cl)c1. The Balaban J connectivity index is 1.85. The summed E-state index contributed by atoms with van der Waals surface area (Å²) in [7, 11) is 0. The van der Waals surface area contributed by atoms with Gasteiger partial charge in [-0.05, 0) is 42.2 Å². The molecule has 4 heteroatoms. The third-order valence-electron chi connectivity index (χ3n) is 3.72. The second kappa shape index (κ2) is 6.21. The topological polar surface area (TPSA) is 12.5 Å². The molecule has 0 bridgehead atoms. The third kappa shape index (κ3) is 3.03. The fraction of sp³-hybridized carbons (Fsp3) is 0.375. The molecule has 0 saturated carbocycles. The van der Waals surface area contributed by atoms with Crippen LogP contribution in [0, 0.1) is 0 Å². The standard InChI is InChI=1S/C16H17Cl2NO/c17-14-5-4-12(15(18)11-14)10-13-2-1-3-16(13)19-6-8-20-9-7-19/h3-5,10-11H,1-2,6-9H2/b13-10+. The Morgan fingerprint density at radius 1 is 1.15 bits per heavy atom. The van der Waals surface area contributed by atoms with Gasteiger partial charge < -0.3 is 9.64 Å². The minimum atomic E-state index is 0.674. The molecule has 20 heavy (non-hydrogen) atoms.